The number of phenols is 1. The number of primary amides is 1. The SMILES string of the molecule is CC[C@H](C)[C@H](NC(=O)[C@H](Cc1ccc(O)cc1)NC(=O)[C@H](CC(N)=O)NC(=O)[C@H](CC(C)=O)NC(=O)[C@H](CCCCN)NC(=O)[C@@H](N)C(C)C)C(=O)O. The number of unbranched alkanes of at least 4 members (excludes halogenated alkanes) is 1. The number of carboxylic acid groups (broad SMARTS) is 1. The predicted molar refractivity (Wildman–Crippen MR) is 193 cm³/mol. The molecule has 296 valence electrons. The van der Waals surface area contributed by atoms with Crippen molar-refractivity contribution in [2.75, 3.05) is 6.54 Å². The maximum Gasteiger partial charge on any atom is 0.326 e. The van der Waals surface area contributed by atoms with Gasteiger partial charge >= 0.3 is 5.97 Å². The number of amides is 6. The molecule has 6 amide bonds. The molecule has 0 fully saturated rings. The minimum absolute atomic E-state index is 0.0682. The van der Waals surface area contributed by atoms with Gasteiger partial charge in [0, 0.05) is 12.8 Å². The van der Waals surface area contributed by atoms with E-state index in [2.05, 4.69) is 26.6 Å². The number of carboxylic acids is 1. The maximum absolute atomic E-state index is 13.7. The lowest BCUT2D eigenvalue weighted by molar-refractivity contribution is -0.144. The maximum atomic E-state index is 13.7. The van der Waals surface area contributed by atoms with Crippen molar-refractivity contribution >= 4 is 47.2 Å². The van der Waals surface area contributed by atoms with Crippen LogP contribution in [-0.4, -0.2) is 100 Å². The first-order valence-electron chi connectivity index (χ1n) is 17.6. The number of hydrogen-bond donors (Lipinski definition) is 10. The molecule has 1 rings (SSSR count). The minimum Gasteiger partial charge on any atom is -0.508 e. The number of nitrogens with two attached hydrogens (primary N) is 3. The van der Waals surface area contributed by atoms with Crippen LogP contribution in [0.25, 0.3) is 0 Å². The number of hydrogen-bond acceptors (Lipinski definition) is 11. The summed E-state index contributed by atoms with van der Waals surface area (Å²) < 4.78 is 0. The molecule has 7 atom stereocenters. The van der Waals surface area contributed by atoms with E-state index in [1.165, 1.54) is 31.2 Å². The zero-order valence-corrected chi connectivity index (χ0v) is 31.0. The van der Waals surface area contributed by atoms with E-state index in [1.54, 1.807) is 27.7 Å². The van der Waals surface area contributed by atoms with Crippen molar-refractivity contribution in [3.05, 3.63) is 29.8 Å². The van der Waals surface area contributed by atoms with Crippen molar-refractivity contribution in [1.29, 1.82) is 0 Å². The highest BCUT2D eigenvalue weighted by Crippen LogP contribution is 2.14. The molecule has 18 nitrogen and oxygen atoms in total. The average Bonchev–Trinajstić information content (AvgIpc) is 3.08. The fourth-order valence-electron chi connectivity index (χ4n) is 5.07. The first-order chi connectivity index (χ1) is 24.8. The number of aromatic hydroxyl groups is 1. The van der Waals surface area contributed by atoms with Gasteiger partial charge in [0.1, 0.15) is 41.7 Å². The van der Waals surface area contributed by atoms with Gasteiger partial charge in [-0.05, 0) is 62.3 Å². The summed E-state index contributed by atoms with van der Waals surface area (Å²) in [6.45, 7) is 8.29. The first-order valence-corrected chi connectivity index (χ1v) is 17.6. The van der Waals surface area contributed by atoms with Crippen molar-refractivity contribution in [3.63, 3.8) is 0 Å². The van der Waals surface area contributed by atoms with Gasteiger partial charge in [-0.15, -0.1) is 0 Å². The molecule has 0 aliphatic rings. The Kier molecular flexibility index (Phi) is 19.7. The fourth-order valence-corrected chi connectivity index (χ4v) is 5.07. The Morgan fingerprint density at radius 1 is 0.717 bits per heavy atom. The van der Waals surface area contributed by atoms with Crippen LogP contribution in [-0.2, 0) is 44.8 Å². The Labute approximate surface area is 309 Å². The number of Topliss-reactive ketones (excluding diaryl/α,β-unsaturated/α-hetero) is 1. The Hall–Kier alpha value is -5.10. The first kappa shape index (κ1) is 45.9. The molecular weight excluding hydrogens is 692 g/mol. The highest BCUT2D eigenvalue weighted by molar-refractivity contribution is 5.99. The lowest BCUT2D eigenvalue weighted by Gasteiger charge is -2.27. The van der Waals surface area contributed by atoms with E-state index in [0.717, 1.165) is 0 Å². The van der Waals surface area contributed by atoms with E-state index in [0.29, 0.717) is 31.4 Å². The summed E-state index contributed by atoms with van der Waals surface area (Å²) in [4.78, 5) is 103. The second-order valence-corrected chi connectivity index (χ2v) is 13.5. The molecule has 13 N–H and O–H groups in total. The summed E-state index contributed by atoms with van der Waals surface area (Å²) in [5.41, 5.74) is 17.4. The molecule has 0 unspecified atom stereocenters. The van der Waals surface area contributed by atoms with Crippen molar-refractivity contribution in [3.8, 4) is 5.75 Å². The number of phenolic OH excluding ortho intramolecular Hbond substituents is 1. The van der Waals surface area contributed by atoms with Gasteiger partial charge < -0.3 is 54.0 Å². The average molecular weight is 749 g/mol. The predicted octanol–water partition coefficient (Wildman–Crippen LogP) is -1.54. The second kappa shape index (κ2) is 22.8. The van der Waals surface area contributed by atoms with E-state index in [1.807, 2.05) is 0 Å². The molecule has 0 aliphatic heterocycles. The summed E-state index contributed by atoms with van der Waals surface area (Å²) >= 11 is 0. The molecule has 1 aromatic carbocycles. The van der Waals surface area contributed by atoms with Crippen molar-refractivity contribution in [2.24, 2.45) is 29.0 Å². The number of carbonyl (C=O) groups excluding carboxylic acids is 7. The summed E-state index contributed by atoms with van der Waals surface area (Å²) in [5, 5.41) is 31.7. The Morgan fingerprint density at radius 3 is 1.68 bits per heavy atom. The number of carbonyl (C=O) groups is 8. The van der Waals surface area contributed by atoms with E-state index in [9.17, 15) is 48.6 Å². The van der Waals surface area contributed by atoms with Crippen LogP contribution in [0.1, 0.15) is 78.7 Å². The van der Waals surface area contributed by atoms with Crippen LogP contribution in [0.4, 0.5) is 0 Å². The van der Waals surface area contributed by atoms with Crippen molar-refractivity contribution < 1.29 is 48.6 Å². The van der Waals surface area contributed by atoms with Gasteiger partial charge in [0.15, 0.2) is 0 Å². The van der Waals surface area contributed by atoms with Gasteiger partial charge in [0.2, 0.25) is 35.4 Å². The topological polar surface area (TPSA) is 315 Å². The van der Waals surface area contributed by atoms with Crippen LogP contribution in [0, 0.1) is 11.8 Å². The molecule has 0 heterocycles. The third-order valence-corrected chi connectivity index (χ3v) is 8.55. The smallest absolute Gasteiger partial charge is 0.326 e. The molecule has 0 aromatic heterocycles. The van der Waals surface area contributed by atoms with Gasteiger partial charge in [-0.1, -0.05) is 46.2 Å². The van der Waals surface area contributed by atoms with Gasteiger partial charge in [-0.25, -0.2) is 4.79 Å². The van der Waals surface area contributed by atoms with Gasteiger partial charge in [0.05, 0.1) is 12.5 Å². The quantitative estimate of drug-likeness (QED) is 0.0538. The number of rotatable bonds is 24. The Bertz CT molecular complexity index is 1440. The van der Waals surface area contributed by atoms with Crippen LogP contribution >= 0.6 is 0 Å². The molecule has 0 aliphatic carbocycles. The molecular formula is C35H56N8O10. The van der Waals surface area contributed by atoms with Gasteiger partial charge in [-0.2, -0.15) is 0 Å². The van der Waals surface area contributed by atoms with E-state index in [-0.39, 0.29) is 24.5 Å². The third kappa shape index (κ3) is 16.4. The van der Waals surface area contributed by atoms with Crippen LogP contribution < -0.4 is 43.8 Å². The molecule has 53 heavy (non-hydrogen) atoms. The van der Waals surface area contributed by atoms with E-state index >= 15 is 0 Å². The molecule has 0 bridgehead atoms. The highest BCUT2D eigenvalue weighted by Gasteiger charge is 2.35. The lowest BCUT2D eigenvalue weighted by atomic mass is 9.98. The van der Waals surface area contributed by atoms with Gasteiger partial charge in [0.25, 0.3) is 0 Å². The number of aliphatic carboxylic acids is 1. The van der Waals surface area contributed by atoms with Crippen LogP contribution in [0.2, 0.25) is 0 Å². The standard InChI is InChI=1S/C35H56N8O10/c1-6-19(4)29(35(52)53)43-33(50)25(16-21-10-12-22(45)13-11-21)41-32(49)26(17-27(37)46)42-31(48)24(15-20(5)44)40-30(47)23(9-7-8-14-36)39-34(51)28(38)18(2)3/h10-13,18-19,23-26,28-29,45H,6-9,14-17,36,38H2,1-5H3,(H2,37,46)(H,39,51)(H,40,47)(H,41,49)(H,42,48)(H,43,50)(H,52,53)/t19-,23-,24-,25-,26-,28-,29-/m0/s1. The van der Waals surface area contributed by atoms with Crippen LogP contribution in [0.3, 0.4) is 0 Å². The minimum atomic E-state index is -1.71. The molecule has 0 saturated carbocycles. The third-order valence-electron chi connectivity index (χ3n) is 8.55. The molecule has 1 aromatic rings. The Balaban J connectivity index is 3.38. The Morgan fingerprint density at radius 2 is 1.21 bits per heavy atom. The highest BCUT2D eigenvalue weighted by atomic mass is 16.4. The lowest BCUT2D eigenvalue weighted by Crippen LogP contribution is -2.60. The second-order valence-electron chi connectivity index (χ2n) is 13.5. The summed E-state index contributed by atoms with van der Waals surface area (Å²) in [5.74, 6) is -8.08. The van der Waals surface area contributed by atoms with Crippen molar-refractivity contribution in [2.45, 2.75) is 116 Å². The molecule has 0 radical (unpaired) electrons. The monoisotopic (exact) mass is 748 g/mol. The number of ketones is 1. The zero-order valence-electron chi connectivity index (χ0n) is 31.0. The molecule has 18 heteroatoms. The van der Waals surface area contributed by atoms with Gasteiger partial charge in [-0.3, -0.25) is 33.6 Å². The largest absolute Gasteiger partial charge is 0.508 e. The summed E-state index contributed by atoms with van der Waals surface area (Å²) in [7, 11) is 0. The van der Waals surface area contributed by atoms with E-state index < -0.39 is 102 Å². The number of nitrogens with one attached hydrogen (secondary N) is 5. The molecule has 0 spiro atoms. The van der Waals surface area contributed by atoms with E-state index in [4.69, 9.17) is 17.2 Å². The summed E-state index contributed by atoms with van der Waals surface area (Å²) in [6.07, 6.45) is 0.00487. The van der Waals surface area contributed by atoms with Crippen LogP contribution in [0.5, 0.6) is 5.75 Å². The summed E-state index contributed by atoms with van der Waals surface area (Å²) in [6, 6.07) is -2.48. The fraction of sp³-hybridized carbons (Fsp3) is 0.600. The molecule has 0 saturated heterocycles. The van der Waals surface area contributed by atoms with Crippen molar-refractivity contribution in [1.82, 2.24) is 26.6 Å². The zero-order chi connectivity index (χ0) is 40.4. The number of benzene rings is 1. The normalized spacial score (nSPS) is 15.0. The van der Waals surface area contributed by atoms with Crippen LogP contribution in [0.15, 0.2) is 24.3 Å².